The Hall–Kier alpha value is -4.13. The SMILES string of the molecule is CCCCN(C(=O)Nc1ccccc1C)C(C)c1nc2ccccc2c(=O)n1-c1ccccc1OCC. The predicted molar refractivity (Wildman–Crippen MR) is 149 cm³/mol. The second kappa shape index (κ2) is 11.7. The molecule has 0 saturated carbocycles. The van der Waals surface area contributed by atoms with Crippen LogP contribution in [-0.2, 0) is 0 Å². The van der Waals surface area contributed by atoms with Crippen molar-refractivity contribution in [3.8, 4) is 11.4 Å². The molecule has 1 atom stereocenters. The van der Waals surface area contributed by atoms with Crippen LogP contribution >= 0.6 is 0 Å². The number of carbonyl (C=O) groups is 1. The lowest BCUT2D eigenvalue weighted by atomic mass is 10.1. The Morgan fingerprint density at radius 2 is 1.73 bits per heavy atom. The van der Waals surface area contributed by atoms with Gasteiger partial charge in [0.2, 0.25) is 0 Å². The van der Waals surface area contributed by atoms with Crippen LogP contribution in [0.5, 0.6) is 5.75 Å². The molecule has 4 aromatic rings. The Balaban J connectivity index is 1.87. The largest absolute Gasteiger partial charge is 0.492 e. The number of anilines is 1. The van der Waals surface area contributed by atoms with Gasteiger partial charge in [0.25, 0.3) is 5.56 Å². The number of rotatable bonds is 9. The molecule has 3 aromatic carbocycles. The molecule has 37 heavy (non-hydrogen) atoms. The van der Waals surface area contributed by atoms with Gasteiger partial charge >= 0.3 is 6.03 Å². The normalized spacial score (nSPS) is 11.8. The van der Waals surface area contributed by atoms with Gasteiger partial charge in [-0.2, -0.15) is 0 Å². The number of nitrogens with one attached hydrogen (secondary N) is 1. The molecule has 1 aromatic heterocycles. The monoisotopic (exact) mass is 498 g/mol. The number of amides is 2. The number of hydrogen-bond acceptors (Lipinski definition) is 4. The van der Waals surface area contributed by atoms with E-state index in [-0.39, 0.29) is 11.6 Å². The predicted octanol–water partition coefficient (Wildman–Crippen LogP) is 6.49. The summed E-state index contributed by atoms with van der Waals surface area (Å²) in [4.78, 5) is 34.2. The van der Waals surface area contributed by atoms with E-state index < -0.39 is 6.04 Å². The van der Waals surface area contributed by atoms with Crippen molar-refractivity contribution >= 4 is 22.6 Å². The van der Waals surface area contributed by atoms with Crippen molar-refractivity contribution in [2.45, 2.75) is 46.6 Å². The third-order valence-electron chi connectivity index (χ3n) is 6.45. The Morgan fingerprint density at radius 1 is 1.03 bits per heavy atom. The summed E-state index contributed by atoms with van der Waals surface area (Å²) in [7, 11) is 0. The average molecular weight is 499 g/mol. The molecule has 0 spiro atoms. The van der Waals surface area contributed by atoms with E-state index in [0.29, 0.717) is 41.3 Å². The molecule has 0 radical (unpaired) electrons. The molecule has 0 aliphatic heterocycles. The fourth-order valence-corrected chi connectivity index (χ4v) is 4.42. The van der Waals surface area contributed by atoms with Gasteiger partial charge in [-0.25, -0.2) is 9.78 Å². The third kappa shape index (κ3) is 5.50. The number of hydrogen-bond donors (Lipinski definition) is 1. The molecule has 0 aliphatic rings. The molecule has 0 bridgehead atoms. The number of unbranched alkanes of at least 4 members (excludes halogenated alkanes) is 1. The van der Waals surface area contributed by atoms with Crippen molar-refractivity contribution in [1.29, 1.82) is 0 Å². The lowest BCUT2D eigenvalue weighted by Crippen LogP contribution is -2.40. The van der Waals surface area contributed by atoms with Gasteiger partial charge in [-0.3, -0.25) is 9.36 Å². The Labute approximate surface area is 217 Å². The maximum Gasteiger partial charge on any atom is 0.322 e. The third-order valence-corrected chi connectivity index (χ3v) is 6.45. The minimum Gasteiger partial charge on any atom is -0.492 e. The number of aromatic nitrogens is 2. The minimum atomic E-state index is -0.498. The molecule has 192 valence electrons. The maximum absolute atomic E-state index is 13.9. The van der Waals surface area contributed by atoms with Crippen molar-refractivity contribution in [3.63, 3.8) is 0 Å². The van der Waals surface area contributed by atoms with Crippen molar-refractivity contribution in [2.24, 2.45) is 0 Å². The van der Waals surface area contributed by atoms with Crippen molar-refractivity contribution in [3.05, 3.63) is 94.5 Å². The minimum absolute atomic E-state index is 0.200. The number of para-hydroxylation sites is 4. The topological polar surface area (TPSA) is 76.5 Å². The van der Waals surface area contributed by atoms with Crippen LogP contribution in [0.25, 0.3) is 16.6 Å². The summed E-state index contributed by atoms with van der Waals surface area (Å²) in [6.07, 6.45) is 1.74. The lowest BCUT2D eigenvalue weighted by Gasteiger charge is -2.31. The van der Waals surface area contributed by atoms with Gasteiger partial charge in [0.05, 0.1) is 29.2 Å². The van der Waals surface area contributed by atoms with Gasteiger partial charge in [-0.1, -0.05) is 55.8 Å². The number of urea groups is 1. The van der Waals surface area contributed by atoms with Gasteiger partial charge < -0.3 is 15.0 Å². The van der Waals surface area contributed by atoms with Crippen molar-refractivity contribution in [1.82, 2.24) is 14.5 Å². The fourth-order valence-electron chi connectivity index (χ4n) is 4.42. The van der Waals surface area contributed by atoms with Crippen molar-refractivity contribution in [2.75, 3.05) is 18.5 Å². The summed E-state index contributed by atoms with van der Waals surface area (Å²) in [5, 5.41) is 3.57. The summed E-state index contributed by atoms with van der Waals surface area (Å²) in [6.45, 7) is 8.85. The molecule has 1 heterocycles. The zero-order valence-corrected chi connectivity index (χ0v) is 21.9. The highest BCUT2D eigenvalue weighted by atomic mass is 16.5. The van der Waals surface area contributed by atoms with Gasteiger partial charge in [0.15, 0.2) is 0 Å². The summed E-state index contributed by atoms with van der Waals surface area (Å²) < 4.78 is 7.47. The zero-order valence-electron chi connectivity index (χ0n) is 21.9. The highest BCUT2D eigenvalue weighted by Crippen LogP contribution is 2.28. The van der Waals surface area contributed by atoms with E-state index in [1.54, 1.807) is 15.5 Å². The van der Waals surface area contributed by atoms with Crippen LogP contribution < -0.4 is 15.6 Å². The Kier molecular flexibility index (Phi) is 8.23. The number of ether oxygens (including phenoxy) is 1. The Morgan fingerprint density at radius 3 is 2.49 bits per heavy atom. The first kappa shape index (κ1) is 25.9. The van der Waals surface area contributed by atoms with E-state index in [1.165, 1.54) is 0 Å². The fraction of sp³-hybridized carbons (Fsp3) is 0.300. The molecular weight excluding hydrogens is 464 g/mol. The Bertz CT molecular complexity index is 1450. The van der Waals surface area contributed by atoms with Crippen LogP contribution in [0.4, 0.5) is 10.5 Å². The van der Waals surface area contributed by atoms with E-state index in [9.17, 15) is 9.59 Å². The van der Waals surface area contributed by atoms with E-state index in [2.05, 4.69) is 12.2 Å². The second-order valence-electron chi connectivity index (χ2n) is 9.00. The van der Waals surface area contributed by atoms with E-state index >= 15 is 0 Å². The van der Waals surface area contributed by atoms with Crippen LogP contribution in [0, 0.1) is 6.92 Å². The molecule has 0 aliphatic carbocycles. The molecule has 7 nitrogen and oxygen atoms in total. The molecule has 7 heteroatoms. The van der Waals surface area contributed by atoms with Crippen LogP contribution in [0.2, 0.25) is 0 Å². The van der Waals surface area contributed by atoms with Gasteiger partial charge in [-0.05, 0) is 63.1 Å². The molecule has 0 saturated heterocycles. The van der Waals surface area contributed by atoms with E-state index in [0.717, 1.165) is 24.1 Å². The summed E-state index contributed by atoms with van der Waals surface area (Å²) in [5.41, 5.74) is 2.73. The molecule has 2 amide bonds. The van der Waals surface area contributed by atoms with Crippen molar-refractivity contribution < 1.29 is 9.53 Å². The summed E-state index contributed by atoms with van der Waals surface area (Å²) >= 11 is 0. The number of carbonyl (C=O) groups excluding carboxylic acids is 1. The number of aryl methyl sites for hydroxylation is 1. The average Bonchev–Trinajstić information content (AvgIpc) is 2.91. The molecule has 1 N–H and O–H groups in total. The zero-order chi connectivity index (χ0) is 26.4. The van der Waals surface area contributed by atoms with Crippen LogP contribution in [-0.4, -0.2) is 33.6 Å². The summed E-state index contributed by atoms with van der Waals surface area (Å²) in [6, 6.07) is 21.7. The first-order valence-corrected chi connectivity index (χ1v) is 12.8. The van der Waals surface area contributed by atoms with Crippen LogP contribution in [0.15, 0.2) is 77.6 Å². The number of benzene rings is 3. The second-order valence-corrected chi connectivity index (χ2v) is 9.00. The van der Waals surface area contributed by atoms with Gasteiger partial charge in [0.1, 0.15) is 11.6 Å². The lowest BCUT2D eigenvalue weighted by molar-refractivity contribution is 0.188. The van der Waals surface area contributed by atoms with Crippen LogP contribution in [0.3, 0.4) is 0 Å². The molecule has 1 unspecified atom stereocenters. The first-order chi connectivity index (χ1) is 18.0. The number of fused-ring (bicyclic) bond motifs is 1. The summed E-state index contributed by atoms with van der Waals surface area (Å²) in [5.74, 6) is 1.06. The standard InChI is InChI=1S/C30H34N4O3/c1-5-7-20-33(30(36)32-24-16-10-8-14-21(24)3)22(4)28-31-25-17-11-9-15-23(25)29(35)34(28)26-18-12-13-19-27(26)37-6-2/h8-19,22H,5-7,20H2,1-4H3,(H,32,36). The smallest absolute Gasteiger partial charge is 0.322 e. The van der Waals surface area contributed by atoms with E-state index in [1.807, 2.05) is 87.5 Å². The van der Waals surface area contributed by atoms with Crippen LogP contribution in [0.1, 0.15) is 51.0 Å². The first-order valence-electron chi connectivity index (χ1n) is 12.8. The highest BCUT2D eigenvalue weighted by Gasteiger charge is 2.27. The highest BCUT2D eigenvalue weighted by molar-refractivity contribution is 5.90. The number of nitrogens with zero attached hydrogens (tertiary/aromatic N) is 3. The van der Waals surface area contributed by atoms with E-state index in [4.69, 9.17) is 9.72 Å². The maximum atomic E-state index is 13.9. The quantitative estimate of drug-likeness (QED) is 0.286. The molecule has 0 fully saturated rings. The molecule has 4 rings (SSSR count). The van der Waals surface area contributed by atoms with Gasteiger partial charge in [0, 0.05) is 12.2 Å². The van der Waals surface area contributed by atoms with Gasteiger partial charge in [-0.15, -0.1) is 0 Å². The molecular formula is C30H34N4O3.